The summed E-state index contributed by atoms with van der Waals surface area (Å²) in [6.45, 7) is 3.73. The highest BCUT2D eigenvalue weighted by Gasteiger charge is 2.15. The smallest absolute Gasteiger partial charge is 0.182 e. The summed E-state index contributed by atoms with van der Waals surface area (Å²) in [6.07, 6.45) is 4.10. The normalized spacial score (nSPS) is 10.7. The van der Waals surface area contributed by atoms with Crippen LogP contribution in [0.15, 0.2) is 10.7 Å². The van der Waals surface area contributed by atoms with Crippen molar-refractivity contribution in [3.05, 3.63) is 16.4 Å². The first-order valence-electron chi connectivity index (χ1n) is 5.59. The molecule has 0 radical (unpaired) electrons. The lowest BCUT2D eigenvalue weighted by Gasteiger charge is -2.05. The van der Waals surface area contributed by atoms with E-state index in [-0.39, 0.29) is 5.78 Å². The molecular formula is C11H18BrN3O. The van der Waals surface area contributed by atoms with Crippen LogP contribution in [0.5, 0.6) is 0 Å². The molecule has 0 aliphatic carbocycles. The topological polar surface area (TPSA) is 46.9 Å². The Morgan fingerprint density at radius 1 is 1.62 bits per heavy atom. The standard InChI is InChI=1S/C11H18BrN3O/c1-3-7-15-11(9(12)8-14-15)10(16)5-4-6-13-2/h8,13H,3-7H2,1-2H3. The molecule has 0 spiro atoms. The zero-order valence-electron chi connectivity index (χ0n) is 9.79. The van der Waals surface area contributed by atoms with Crippen molar-refractivity contribution in [3.8, 4) is 0 Å². The molecule has 5 heteroatoms. The van der Waals surface area contributed by atoms with Gasteiger partial charge in [0.25, 0.3) is 0 Å². The first kappa shape index (κ1) is 13.4. The van der Waals surface area contributed by atoms with Crippen LogP contribution in [0, 0.1) is 0 Å². The maximum absolute atomic E-state index is 12.0. The van der Waals surface area contributed by atoms with E-state index >= 15 is 0 Å². The Hall–Kier alpha value is -0.680. The van der Waals surface area contributed by atoms with E-state index in [1.54, 1.807) is 10.9 Å². The van der Waals surface area contributed by atoms with Crippen molar-refractivity contribution in [3.63, 3.8) is 0 Å². The summed E-state index contributed by atoms with van der Waals surface area (Å²) in [5, 5.41) is 7.22. The maximum atomic E-state index is 12.0. The molecule has 0 aliphatic rings. The van der Waals surface area contributed by atoms with Crippen LogP contribution >= 0.6 is 15.9 Å². The number of carbonyl (C=O) groups excluding carboxylic acids is 1. The van der Waals surface area contributed by atoms with Gasteiger partial charge in [0.15, 0.2) is 5.78 Å². The Morgan fingerprint density at radius 3 is 3.00 bits per heavy atom. The third-order valence-electron chi connectivity index (χ3n) is 2.32. The average Bonchev–Trinajstić information content (AvgIpc) is 2.61. The van der Waals surface area contributed by atoms with Crippen LogP contribution in [-0.2, 0) is 6.54 Å². The number of hydrogen-bond donors (Lipinski definition) is 1. The molecule has 1 N–H and O–H groups in total. The third kappa shape index (κ3) is 3.42. The molecule has 4 nitrogen and oxygen atoms in total. The molecule has 1 heterocycles. The van der Waals surface area contributed by atoms with Crippen LogP contribution in [0.1, 0.15) is 36.7 Å². The van der Waals surface area contributed by atoms with Gasteiger partial charge in [-0.3, -0.25) is 9.48 Å². The lowest BCUT2D eigenvalue weighted by Crippen LogP contribution is -2.14. The van der Waals surface area contributed by atoms with Crippen LogP contribution in [0.3, 0.4) is 0 Å². The molecule has 0 aromatic carbocycles. The molecule has 0 unspecified atom stereocenters. The number of hydrogen-bond acceptors (Lipinski definition) is 3. The van der Waals surface area contributed by atoms with Gasteiger partial charge in [0, 0.05) is 13.0 Å². The molecular weight excluding hydrogens is 270 g/mol. The summed E-state index contributed by atoms with van der Waals surface area (Å²) in [4.78, 5) is 12.0. The van der Waals surface area contributed by atoms with E-state index in [9.17, 15) is 4.79 Å². The molecule has 0 amide bonds. The molecule has 1 rings (SSSR count). The predicted octanol–water partition coefficient (Wildman–Crippen LogP) is 2.24. The van der Waals surface area contributed by atoms with Gasteiger partial charge in [-0.05, 0) is 42.4 Å². The Morgan fingerprint density at radius 2 is 2.38 bits per heavy atom. The molecule has 90 valence electrons. The van der Waals surface area contributed by atoms with E-state index < -0.39 is 0 Å². The van der Waals surface area contributed by atoms with Gasteiger partial charge in [-0.2, -0.15) is 5.10 Å². The minimum absolute atomic E-state index is 0.160. The minimum atomic E-state index is 0.160. The fraction of sp³-hybridized carbons (Fsp3) is 0.636. The first-order chi connectivity index (χ1) is 7.70. The van der Waals surface area contributed by atoms with Gasteiger partial charge in [0.05, 0.1) is 10.7 Å². The summed E-state index contributed by atoms with van der Waals surface area (Å²) in [7, 11) is 1.89. The second-order valence-corrected chi connectivity index (χ2v) is 4.55. The van der Waals surface area contributed by atoms with Gasteiger partial charge in [-0.15, -0.1) is 0 Å². The van der Waals surface area contributed by atoms with Crippen molar-refractivity contribution in [2.24, 2.45) is 0 Å². The van der Waals surface area contributed by atoms with E-state index in [4.69, 9.17) is 0 Å². The number of rotatable bonds is 7. The van der Waals surface area contributed by atoms with Gasteiger partial charge >= 0.3 is 0 Å². The number of nitrogens with zero attached hydrogens (tertiary/aromatic N) is 2. The van der Waals surface area contributed by atoms with Gasteiger partial charge in [0.1, 0.15) is 5.69 Å². The monoisotopic (exact) mass is 287 g/mol. The summed E-state index contributed by atoms with van der Waals surface area (Å²) in [5.74, 6) is 0.160. The highest BCUT2D eigenvalue weighted by atomic mass is 79.9. The Bertz CT molecular complexity index is 349. The van der Waals surface area contributed by atoms with E-state index in [2.05, 4.69) is 33.3 Å². The number of halogens is 1. The molecule has 0 aliphatic heterocycles. The van der Waals surface area contributed by atoms with E-state index in [1.807, 2.05) is 7.05 Å². The summed E-state index contributed by atoms with van der Waals surface area (Å²) < 4.78 is 2.58. The molecule has 0 saturated heterocycles. The fourth-order valence-electron chi connectivity index (χ4n) is 1.57. The van der Waals surface area contributed by atoms with Crippen LogP contribution in [0.4, 0.5) is 0 Å². The second-order valence-electron chi connectivity index (χ2n) is 3.69. The number of Topliss-reactive ketones (excluding diaryl/α,β-unsaturated/α-hetero) is 1. The molecule has 0 saturated carbocycles. The zero-order valence-corrected chi connectivity index (χ0v) is 11.4. The molecule has 0 fully saturated rings. The van der Waals surface area contributed by atoms with E-state index in [1.165, 1.54) is 0 Å². The summed E-state index contributed by atoms with van der Waals surface area (Å²) >= 11 is 3.38. The maximum Gasteiger partial charge on any atom is 0.182 e. The van der Waals surface area contributed by atoms with Crippen LogP contribution < -0.4 is 5.32 Å². The van der Waals surface area contributed by atoms with Crippen LogP contribution in [0.2, 0.25) is 0 Å². The Labute approximate surface area is 105 Å². The van der Waals surface area contributed by atoms with Gasteiger partial charge in [-0.1, -0.05) is 6.92 Å². The molecule has 16 heavy (non-hydrogen) atoms. The van der Waals surface area contributed by atoms with Crippen molar-refractivity contribution in [2.75, 3.05) is 13.6 Å². The van der Waals surface area contributed by atoms with Crippen molar-refractivity contribution in [2.45, 2.75) is 32.7 Å². The SMILES string of the molecule is CCCn1ncc(Br)c1C(=O)CCCNC. The number of carbonyl (C=O) groups is 1. The highest BCUT2D eigenvalue weighted by molar-refractivity contribution is 9.10. The largest absolute Gasteiger partial charge is 0.320 e. The lowest BCUT2D eigenvalue weighted by molar-refractivity contribution is 0.0968. The predicted molar refractivity (Wildman–Crippen MR) is 67.7 cm³/mol. The molecule has 0 atom stereocenters. The van der Waals surface area contributed by atoms with Crippen LogP contribution in [0.25, 0.3) is 0 Å². The molecule has 1 aromatic rings. The zero-order chi connectivity index (χ0) is 12.0. The average molecular weight is 288 g/mol. The van der Waals surface area contributed by atoms with Crippen molar-refractivity contribution < 1.29 is 4.79 Å². The van der Waals surface area contributed by atoms with Gasteiger partial charge in [0.2, 0.25) is 0 Å². The molecule has 0 bridgehead atoms. The molecule has 1 aromatic heterocycles. The van der Waals surface area contributed by atoms with Crippen LogP contribution in [-0.4, -0.2) is 29.2 Å². The third-order valence-corrected chi connectivity index (χ3v) is 2.91. The van der Waals surface area contributed by atoms with Crippen molar-refractivity contribution >= 4 is 21.7 Å². The summed E-state index contributed by atoms with van der Waals surface area (Å²) in [5.41, 5.74) is 0.706. The van der Waals surface area contributed by atoms with Gasteiger partial charge < -0.3 is 5.32 Å². The Kier molecular flexibility index (Phi) is 5.69. The first-order valence-corrected chi connectivity index (χ1v) is 6.39. The number of aryl methyl sites for hydroxylation is 1. The number of aromatic nitrogens is 2. The minimum Gasteiger partial charge on any atom is -0.320 e. The number of nitrogens with one attached hydrogen (secondary N) is 1. The number of ketones is 1. The highest BCUT2D eigenvalue weighted by Crippen LogP contribution is 2.18. The quantitative estimate of drug-likeness (QED) is 0.618. The van der Waals surface area contributed by atoms with E-state index in [0.29, 0.717) is 12.1 Å². The van der Waals surface area contributed by atoms with Gasteiger partial charge in [-0.25, -0.2) is 0 Å². The van der Waals surface area contributed by atoms with Crippen molar-refractivity contribution in [1.29, 1.82) is 0 Å². The second kappa shape index (κ2) is 6.81. The summed E-state index contributed by atoms with van der Waals surface area (Å²) in [6, 6.07) is 0. The Balaban J connectivity index is 2.69. The van der Waals surface area contributed by atoms with Crippen molar-refractivity contribution in [1.82, 2.24) is 15.1 Å². The lowest BCUT2D eigenvalue weighted by atomic mass is 10.1. The fourth-order valence-corrected chi connectivity index (χ4v) is 2.08. The van der Waals surface area contributed by atoms with E-state index in [0.717, 1.165) is 30.4 Å².